The van der Waals surface area contributed by atoms with Crippen molar-refractivity contribution in [3.63, 3.8) is 0 Å². The van der Waals surface area contributed by atoms with Gasteiger partial charge in [-0.2, -0.15) is 11.1 Å². The van der Waals surface area contributed by atoms with E-state index in [1.54, 1.807) is 157 Å². The zero-order chi connectivity index (χ0) is 97.7. The number of halogens is 1. The van der Waals surface area contributed by atoms with Gasteiger partial charge in [0.05, 0.1) is 45.4 Å². The summed E-state index contributed by atoms with van der Waals surface area (Å²) in [5.74, 6) is 2.78. The number of imidazole rings is 2. The highest BCUT2D eigenvalue weighted by atomic mass is 35.6. The Morgan fingerprint density at radius 3 is 1.29 bits per heavy atom. The molecule has 0 spiro atoms. The van der Waals surface area contributed by atoms with E-state index in [9.17, 15) is 43.5 Å². The summed E-state index contributed by atoms with van der Waals surface area (Å²) >= 11 is 6.15. The monoisotopic (exact) mass is 1840 g/mol. The molecule has 0 aliphatic carbocycles. The molecule has 3 aromatic heterocycles. The average Bonchev–Trinajstić information content (AvgIpc) is 1.60. The number of carbonyl (C=O) groups is 7. The van der Waals surface area contributed by atoms with Crippen LogP contribution in [-0.2, 0) is 44.4 Å². The topological polar surface area (TPSA) is 416 Å². The van der Waals surface area contributed by atoms with Crippen molar-refractivity contribution in [2.24, 2.45) is 0 Å². The number of H-pyrrole nitrogens is 3. The number of aromatic amines is 3. The summed E-state index contributed by atoms with van der Waals surface area (Å²) in [6, 6.07) is 47.2. The standard InChI is InChI=1S/C18H29NO4Si.C17H29NO3Si.C16H11N3O2.C11H12N2O2.C11H15NO3.C10H18O5.C6H15ClSi.C6H7NO/c1-17(2,3)22-16(21)19-15-11-14(10-9-13(15)12-20)23-24(7,8)18(4,5)6;1-16(2,3)20-15(19)18-13-10-9-11-14(12-13)21-22(7,8)17(4,5)6;20-10-6-5-9-7-11(16(21)19-14(9)8-10)15-17-12-3-1-2-4-13(12)18-15;1-2-15-11(14)7-10-12-8-5-3-4-6-9(8)13-10;1-11(2,3)15-10(14)12-8-5-4-6-9(13)7-8;1-9(2,3)14-7(11)13-8(12)15-10(4,5)6;1-6(2,3)8(4,5)7;7-5-2-1-3-6(8)4-5/h9-12H,1-8H3,(H,19,21);9-12H,1-8H3,(H,18,19);1-8,20H,(H,17,18)(H,19,21);3-6H,2,7H2,1H3,(H,12,13);4-7,13H,1-3H3,(H,12,14);1-6H3;1-5H3;1-4,8H,7H2. The Labute approximate surface area is 761 Å². The first kappa shape index (κ1) is 110. The maximum atomic E-state index is 12.2. The number of phenolic OH excluding ortho intramolecular Hbond substituents is 3. The molecule has 11 N–H and O–H groups in total. The first-order chi connectivity index (χ1) is 58.4. The quantitative estimate of drug-likeness (QED) is 0.0103. The lowest BCUT2D eigenvalue weighted by Gasteiger charge is -2.36. The molecule has 700 valence electrons. The Hall–Kier alpha value is -11.9. The summed E-state index contributed by atoms with van der Waals surface area (Å²) in [4.78, 5) is 109. The van der Waals surface area contributed by atoms with Crippen molar-refractivity contribution in [2.75, 3.05) is 28.3 Å². The van der Waals surface area contributed by atoms with E-state index in [0.29, 0.717) is 74.7 Å². The molecule has 0 fully saturated rings. The highest BCUT2D eigenvalue weighted by molar-refractivity contribution is 7.20. The first-order valence-electron chi connectivity index (χ1n) is 41.6. The third kappa shape index (κ3) is 42.6. The van der Waals surface area contributed by atoms with Gasteiger partial charge in [-0.25, -0.2) is 33.9 Å². The predicted octanol–water partition coefficient (Wildman–Crippen LogP) is 24.9. The Bertz CT molecular complexity index is 5250. The van der Waals surface area contributed by atoms with Crippen LogP contribution in [0.4, 0.5) is 46.7 Å². The van der Waals surface area contributed by atoms with Gasteiger partial charge in [0.1, 0.15) is 74.8 Å². The highest BCUT2D eigenvalue weighted by Gasteiger charge is 2.41. The van der Waals surface area contributed by atoms with Crippen molar-refractivity contribution in [2.45, 2.75) is 262 Å². The second kappa shape index (κ2) is 46.7. The minimum atomic E-state index is -2.01. The number of aldehydes is 1. The number of fused-ring (bicyclic) bond motifs is 3. The van der Waals surface area contributed by atoms with Crippen LogP contribution in [0.5, 0.6) is 28.7 Å². The number of aromatic hydroxyl groups is 3. The van der Waals surface area contributed by atoms with Crippen LogP contribution < -0.4 is 36.1 Å². The fourth-order valence-electron chi connectivity index (χ4n) is 9.20. The lowest BCUT2D eigenvalue weighted by Crippen LogP contribution is -2.43. The third-order valence-electron chi connectivity index (χ3n) is 18.2. The minimum Gasteiger partial charge on any atom is -0.543 e. The molecule has 33 heteroatoms. The molecule has 10 aromatic rings. The number of para-hydroxylation sites is 4. The van der Waals surface area contributed by atoms with Gasteiger partial charge >= 0.3 is 36.6 Å². The van der Waals surface area contributed by atoms with E-state index in [1.165, 1.54) is 24.3 Å². The number of amides is 3. The van der Waals surface area contributed by atoms with Crippen LogP contribution in [0.2, 0.25) is 54.4 Å². The van der Waals surface area contributed by atoms with Gasteiger partial charge in [0.25, 0.3) is 5.56 Å². The van der Waals surface area contributed by atoms with Crippen molar-refractivity contribution in [3.8, 4) is 40.1 Å². The van der Waals surface area contributed by atoms with E-state index in [0.717, 1.165) is 33.2 Å². The SMILES string of the molecule is CC(C)(C)OC(=O)Nc1cc(O[Si](C)(C)C(C)(C)C)ccc1C=O.CC(C)(C)OC(=O)Nc1cccc(O)c1.CC(C)(C)OC(=O)Nc1cccc(O[Si](C)(C)C(C)(C)C)c1.CC(C)(C)OC(=O)OC(=O)OC(C)(C)C.CC(C)(C)[Si](C)(C)Cl.CCOC(=O)Cc1nc2ccccc2[nH]1.Nc1cccc(O)c1.O=c1[nH]c2cc(O)ccc2cc1-c1nc2ccccc2[nH]1. The number of benzene rings is 7. The number of carbonyl (C=O) groups excluding carboxylic acids is 7. The van der Waals surface area contributed by atoms with Crippen LogP contribution in [0.1, 0.15) is 189 Å². The fourth-order valence-corrected chi connectivity index (χ4v) is 11.2. The maximum absolute atomic E-state index is 12.2. The Morgan fingerprint density at radius 1 is 0.453 bits per heavy atom. The van der Waals surface area contributed by atoms with E-state index in [4.69, 9.17) is 64.3 Å². The summed E-state index contributed by atoms with van der Waals surface area (Å²) in [7, 11) is -5.28. The summed E-state index contributed by atoms with van der Waals surface area (Å²) in [5.41, 5.74) is 9.13. The zero-order valence-electron chi connectivity index (χ0n) is 80.2. The van der Waals surface area contributed by atoms with Crippen LogP contribution in [0, 0.1) is 0 Å². The number of aromatic nitrogens is 5. The number of hydrogen-bond donors (Lipinski definition) is 10. The minimum absolute atomic E-state index is 0.0507. The first-order valence-corrected chi connectivity index (χ1v) is 51.4. The van der Waals surface area contributed by atoms with Crippen molar-refractivity contribution >= 4 is 134 Å². The van der Waals surface area contributed by atoms with Crippen LogP contribution in [0.3, 0.4) is 0 Å². The van der Waals surface area contributed by atoms with Gasteiger partial charge in [-0.15, -0.1) is 0 Å². The van der Waals surface area contributed by atoms with Crippen LogP contribution in [0.25, 0.3) is 44.4 Å². The number of rotatable bonds is 12. The van der Waals surface area contributed by atoms with Gasteiger partial charge in [-0.1, -0.05) is 118 Å². The molecule has 0 aliphatic rings. The van der Waals surface area contributed by atoms with Gasteiger partial charge in [-0.3, -0.25) is 30.3 Å². The molecule has 29 nitrogen and oxygen atoms in total. The molecule has 128 heavy (non-hydrogen) atoms. The van der Waals surface area contributed by atoms with Crippen molar-refractivity contribution in [1.82, 2.24) is 24.9 Å². The summed E-state index contributed by atoms with van der Waals surface area (Å²) in [6.07, 6.45) is -2.82. The molecule has 3 amide bonds. The highest BCUT2D eigenvalue weighted by Crippen LogP contribution is 2.41. The number of anilines is 4. The van der Waals surface area contributed by atoms with Gasteiger partial charge in [-0.05, 0) is 248 Å². The molecule has 0 bridgehead atoms. The summed E-state index contributed by atoms with van der Waals surface area (Å²) in [6.45, 7) is 61.1. The molecule has 7 aromatic carbocycles. The normalized spacial score (nSPS) is 11.7. The molecule has 3 heterocycles. The predicted molar refractivity (Wildman–Crippen MR) is 518 cm³/mol. The fraction of sp³-hybridized carbons (Fsp3) is 0.432. The molecular weight excluding hydrogens is 1710 g/mol. The van der Waals surface area contributed by atoms with Crippen LogP contribution in [-0.4, -0.2) is 142 Å². The molecule has 0 radical (unpaired) electrons. The van der Waals surface area contributed by atoms with Gasteiger partial charge in [0.2, 0.25) is 16.6 Å². The van der Waals surface area contributed by atoms with Crippen LogP contribution in [0.15, 0.2) is 169 Å². The lowest BCUT2D eigenvalue weighted by molar-refractivity contribution is -0.142. The molecule has 0 saturated carbocycles. The second-order valence-corrected chi connectivity index (χ2v) is 55.7. The largest absolute Gasteiger partial charge is 0.543 e. The van der Waals surface area contributed by atoms with Gasteiger partial charge < -0.3 is 78.0 Å². The average molecular weight is 1840 g/mol. The summed E-state index contributed by atoms with van der Waals surface area (Å²) in [5, 5.41) is 36.6. The van der Waals surface area contributed by atoms with Crippen LogP contribution >= 0.6 is 11.1 Å². The number of phenols is 3. The van der Waals surface area contributed by atoms with E-state index in [2.05, 4.69) is 147 Å². The molecule has 0 saturated heterocycles. The second-order valence-electron chi connectivity index (χ2n) is 39.0. The molecule has 0 aliphatic heterocycles. The van der Waals surface area contributed by atoms with E-state index in [-0.39, 0.29) is 45.3 Å². The third-order valence-corrected chi connectivity index (χ3v) is 32.2. The molecule has 0 atom stereocenters. The Morgan fingerprint density at radius 2 is 0.875 bits per heavy atom. The number of nitrogens with one attached hydrogen (secondary N) is 6. The van der Waals surface area contributed by atoms with Gasteiger partial charge in [0, 0.05) is 53.0 Å². The van der Waals surface area contributed by atoms with E-state index in [1.807, 2.05) is 93.6 Å². The smallest absolute Gasteiger partial charge is 0.519 e. The summed E-state index contributed by atoms with van der Waals surface area (Å²) < 4.78 is 46.6. The van der Waals surface area contributed by atoms with E-state index < -0.39 is 82.6 Å². The van der Waals surface area contributed by atoms with Crippen molar-refractivity contribution < 1.29 is 90.9 Å². The van der Waals surface area contributed by atoms with Crippen molar-refractivity contribution in [3.05, 3.63) is 186 Å². The van der Waals surface area contributed by atoms with E-state index >= 15 is 0 Å². The number of pyridine rings is 1. The number of nitrogen functional groups attached to an aromatic ring is 1. The Balaban J connectivity index is 0.000000385. The number of nitrogens with zero attached hydrogens (tertiary/aromatic N) is 2. The maximum Gasteiger partial charge on any atom is 0.519 e. The van der Waals surface area contributed by atoms with Gasteiger partial charge in [0.15, 0.2) is 13.7 Å². The zero-order valence-corrected chi connectivity index (χ0v) is 84.0. The Kier molecular flexibility index (Phi) is 40.3. The molecule has 0 unspecified atom stereocenters. The molecule has 10 rings (SSSR count). The van der Waals surface area contributed by atoms with Crippen molar-refractivity contribution in [1.29, 1.82) is 0 Å². The lowest BCUT2D eigenvalue weighted by atomic mass is 10.1. The number of ether oxygens (including phenoxy) is 7. The number of esters is 1. The number of hydrogen-bond acceptors (Lipinski definition) is 23. The number of nitrogens with two attached hydrogens (primary N) is 1. The molecular formula is C95H136ClN9O20Si3.